The van der Waals surface area contributed by atoms with Crippen molar-refractivity contribution < 1.29 is 9.53 Å². The van der Waals surface area contributed by atoms with E-state index in [2.05, 4.69) is 0 Å². The van der Waals surface area contributed by atoms with Crippen LogP contribution in [0.1, 0.15) is 37.7 Å². The molecule has 2 rings (SSSR count). The Hall–Kier alpha value is -1.19. The summed E-state index contributed by atoms with van der Waals surface area (Å²) in [6.07, 6.45) is 5.78. The first-order valence-corrected chi connectivity index (χ1v) is 7.19. The molecule has 0 amide bonds. The minimum Gasteiger partial charge on any atom is -0.378 e. The van der Waals surface area contributed by atoms with Crippen LogP contribution in [0.5, 0.6) is 0 Å². The molecule has 2 unspecified atom stereocenters. The van der Waals surface area contributed by atoms with Gasteiger partial charge in [-0.25, -0.2) is 0 Å². The average Bonchev–Trinajstić information content (AvgIpc) is 2.93. The fraction of sp³-hybridized carbons (Fsp3) is 0.562. The zero-order valence-electron chi connectivity index (χ0n) is 11.4. The van der Waals surface area contributed by atoms with Crippen molar-refractivity contribution >= 4 is 5.78 Å². The number of benzene rings is 1. The number of carbonyl (C=O) groups excluding carboxylic acids is 1. The zero-order valence-corrected chi connectivity index (χ0v) is 11.4. The van der Waals surface area contributed by atoms with Crippen LogP contribution in [0.3, 0.4) is 0 Å². The SMILES string of the molecule is NC(Cc1ccccc1)C(=O)CCCC1CCCO1. The summed E-state index contributed by atoms with van der Waals surface area (Å²) in [5.41, 5.74) is 7.09. The van der Waals surface area contributed by atoms with E-state index in [0.717, 1.165) is 37.9 Å². The van der Waals surface area contributed by atoms with Gasteiger partial charge in [0.25, 0.3) is 0 Å². The van der Waals surface area contributed by atoms with Crippen molar-refractivity contribution in [2.24, 2.45) is 5.73 Å². The van der Waals surface area contributed by atoms with Crippen molar-refractivity contribution in [3.8, 4) is 0 Å². The van der Waals surface area contributed by atoms with E-state index >= 15 is 0 Å². The lowest BCUT2D eigenvalue weighted by atomic mass is 9.99. The Morgan fingerprint density at radius 3 is 2.84 bits per heavy atom. The summed E-state index contributed by atoms with van der Waals surface area (Å²) in [5, 5.41) is 0. The van der Waals surface area contributed by atoms with Crippen molar-refractivity contribution in [3.63, 3.8) is 0 Å². The van der Waals surface area contributed by atoms with Gasteiger partial charge in [-0.15, -0.1) is 0 Å². The number of hydrogen-bond acceptors (Lipinski definition) is 3. The van der Waals surface area contributed by atoms with Gasteiger partial charge in [-0.05, 0) is 37.7 Å². The molecular weight excluding hydrogens is 238 g/mol. The van der Waals surface area contributed by atoms with Crippen LogP contribution in [0.25, 0.3) is 0 Å². The first kappa shape index (κ1) is 14.2. The smallest absolute Gasteiger partial charge is 0.149 e. The molecule has 2 atom stereocenters. The Bertz CT molecular complexity index is 385. The molecule has 19 heavy (non-hydrogen) atoms. The molecule has 0 radical (unpaired) electrons. The normalized spacial score (nSPS) is 20.4. The molecule has 0 saturated carbocycles. The van der Waals surface area contributed by atoms with E-state index in [1.807, 2.05) is 30.3 Å². The second kappa shape index (κ2) is 7.41. The van der Waals surface area contributed by atoms with E-state index in [0.29, 0.717) is 18.9 Å². The third kappa shape index (κ3) is 4.77. The van der Waals surface area contributed by atoms with Gasteiger partial charge in [-0.2, -0.15) is 0 Å². The van der Waals surface area contributed by atoms with Crippen LogP contribution in [0.2, 0.25) is 0 Å². The molecule has 104 valence electrons. The first-order valence-electron chi connectivity index (χ1n) is 7.19. The molecule has 0 bridgehead atoms. The molecule has 0 spiro atoms. The van der Waals surface area contributed by atoms with Crippen LogP contribution in [-0.2, 0) is 16.0 Å². The highest BCUT2D eigenvalue weighted by atomic mass is 16.5. The van der Waals surface area contributed by atoms with E-state index in [1.165, 1.54) is 0 Å². The molecule has 1 aliphatic heterocycles. The van der Waals surface area contributed by atoms with Gasteiger partial charge in [0.1, 0.15) is 5.78 Å². The number of nitrogens with two attached hydrogens (primary N) is 1. The highest BCUT2D eigenvalue weighted by Gasteiger charge is 2.17. The van der Waals surface area contributed by atoms with Gasteiger partial charge in [0.05, 0.1) is 12.1 Å². The number of ether oxygens (including phenoxy) is 1. The average molecular weight is 261 g/mol. The summed E-state index contributed by atoms with van der Waals surface area (Å²) < 4.78 is 5.55. The van der Waals surface area contributed by atoms with Gasteiger partial charge >= 0.3 is 0 Å². The van der Waals surface area contributed by atoms with Gasteiger partial charge in [0.15, 0.2) is 0 Å². The third-order valence-corrected chi connectivity index (χ3v) is 3.69. The van der Waals surface area contributed by atoms with Crippen LogP contribution in [0, 0.1) is 0 Å². The lowest BCUT2D eigenvalue weighted by molar-refractivity contribution is -0.120. The maximum Gasteiger partial charge on any atom is 0.149 e. The van der Waals surface area contributed by atoms with Crippen molar-refractivity contribution in [1.82, 2.24) is 0 Å². The quantitative estimate of drug-likeness (QED) is 0.820. The Morgan fingerprint density at radius 2 is 2.16 bits per heavy atom. The maximum atomic E-state index is 12.0. The summed E-state index contributed by atoms with van der Waals surface area (Å²) in [4.78, 5) is 12.0. The molecule has 1 aromatic rings. The van der Waals surface area contributed by atoms with Crippen LogP contribution in [-0.4, -0.2) is 24.5 Å². The molecule has 0 aliphatic carbocycles. The maximum absolute atomic E-state index is 12.0. The monoisotopic (exact) mass is 261 g/mol. The van der Waals surface area contributed by atoms with Crippen LogP contribution in [0.4, 0.5) is 0 Å². The molecule has 2 N–H and O–H groups in total. The van der Waals surface area contributed by atoms with Crippen molar-refractivity contribution in [2.75, 3.05) is 6.61 Å². The Morgan fingerprint density at radius 1 is 1.37 bits per heavy atom. The Kier molecular flexibility index (Phi) is 5.55. The van der Waals surface area contributed by atoms with E-state index < -0.39 is 0 Å². The van der Waals surface area contributed by atoms with Gasteiger partial charge in [-0.3, -0.25) is 4.79 Å². The molecule has 1 aromatic carbocycles. The van der Waals surface area contributed by atoms with Crippen LogP contribution in [0.15, 0.2) is 30.3 Å². The second-order valence-corrected chi connectivity index (χ2v) is 5.29. The number of carbonyl (C=O) groups is 1. The molecule has 1 aliphatic rings. The molecule has 1 fully saturated rings. The van der Waals surface area contributed by atoms with E-state index in [-0.39, 0.29) is 11.8 Å². The number of Topliss-reactive ketones (excluding diaryl/α,β-unsaturated/α-hetero) is 1. The van der Waals surface area contributed by atoms with Crippen LogP contribution < -0.4 is 5.73 Å². The Labute approximate surface area is 115 Å². The van der Waals surface area contributed by atoms with E-state index in [4.69, 9.17) is 10.5 Å². The summed E-state index contributed by atoms with van der Waals surface area (Å²) in [7, 11) is 0. The molecule has 0 aromatic heterocycles. The minimum atomic E-state index is -0.369. The topological polar surface area (TPSA) is 52.3 Å². The standard InChI is InChI=1S/C16H23NO2/c17-15(12-13-6-2-1-3-7-13)16(18)10-4-8-14-9-5-11-19-14/h1-3,6-7,14-15H,4-5,8-12,17H2. The number of rotatable bonds is 7. The summed E-state index contributed by atoms with van der Waals surface area (Å²) in [5.74, 6) is 0.168. The molecule has 1 heterocycles. The predicted octanol–water partition coefficient (Wildman–Crippen LogP) is 2.47. The predicted molar refractivity (Wildman–Crippen MR) is 76.0 cm³/mol. The summed E-state index contributed by atoms with van der Waals surface area (Å²) >= 11 is 0. The molecular formula is C16H23NO2. The molecule has 1 saturated heterocycles. The fourth-order valence-corrected chi connectivity index (χ4v) is 2.54. The zero-order chi connectivity index (χ0) is 13.5. The van der Waals surface area contributed by atoms with Gasteiger partial charge in [0, 0.05) is 13.0 Å². The molecule has 3 heteroatoms. The minimum absolute atomic E-state index is 0.168. The van der Waals surface area contributed by atoms with Crippen LogP contribution >= 0.6 is 0 Å². The Balaban J connectivity index is 1.67. The van der Waals surface area contributed by atoms with Crippen molar-refractivity contribution in [2.45, 2.75) is 50.7 Å². The lowest BCUT2D eigenvalue weighted by Crippen LogP contribution is -2.32. The number of ketones is 1. The highest BCUT2D eigenvalue weighted by molar-refractivity contribution is 5.84. The van der Waals surface area contributed by atoms with Gasteiger partial charge in [0.2, 0.25) is 0 Å². The summed E-state index contributed by atoms with van der Waals surface area (Å²) in [6.45, 7) is 0.881. The van der Waals surface area contributed by atoms with E-state index in [9.17, 15) is 4.79 Å². The third-order valence-electron chi connectivity index (χ3n) is 3.69. The second-order valence-electron chi connectivity index (χ2n) is 5.29. The highest BCUT2D eigenvalue weighted by Crippen LogP contribution is 2.18. The first-order chi connectivity index (χ1) is 9.25. The largest absolute Gasteiger partial charge is 0.378 e. The van der Waals surface area contributed by atoms with Gasteiger partial charge in [-0.1, -0.05) is 30.3 Å². The lowest BCUT2D eigenvalue weighted by Gasteiger charge is -2.12. The summed E-state index contributed by atoms with van der Waals surface area (Å²) in [6, 6.07) is 9.58. The van der Waals surface area contributed by atoms with Crippen molar-refractivity contribution in [3.05, 3.63) is 35.9 Å². The van der Waals surface area contributed by atoms with E-state index in [1.54, 1.807) is 0 Å². The number of hydrogen-bond donors (Lipinski definition) is 1. The fourth-order valence-electron chi connectivity index (χ4n) is 2.54. The van der Waals surface area contributed by atoms with Gasteiger partial charge < -0.3 is 10.5 Å². The molecule has 3 nitrogen and oxygen atoms in total. The van der Waals surface area contributed by atoms with Crippen molar-refractivity contribution in [1.29, 1.82) is 0 Å².